The van der Waals surface area contributed by atoms with Gasteiger partial charge >= 0.3 is 0 Å². The topological polar surface area (TPSA) is 62.1 Å². The molecule has 1 amide bonds. The maximum Gasteiger partial charge on any atom is 0.234 e. The fourth-order valence-corrected chi connectivity index (χ4v) is 2.83. The molecular weight excluding hydrogens is 269 g/mol. The summed E-state index contributed by atoms with van der Waals surface area (Å²) >= 11 is 0. The third-order valence-corrected chi connectivity index (χ3v) is 4.19. The van der Waals surface area contributed by atoms with Gasteiger partial charge in [-0.15, -0.1) is 0 Å². The van der Waals surface area contributed by atoms with Crippen LogP contribution in [-0.2, 0) is 4.79 Å². The van der Waals surface area contributed by atoms with E-state index in [4.69, 9.17) is 5.73 Å². The molecule has 0 fully saturated rings. The van der Waals surface area contributed by atoms with E-state index in [1.54, 1.807) is 6.07 Å². The molecule has 1 atom stereocenters. The van der Waals surface area contributed by atoms with E-state index in [-0.39, 0.29) is 17.8 Å². The number of carbonyl (C=O) groups is 1. The minimum absolute atomic E-state index is 0.241. The van der Waals surface area contributed by atoms with Crippen LogP contribution in [0.25, 0.3) is 16.5 Å². The van der Waals surface area contributed by atoms with Gasteiger partial charge < -0.3 is 10.7 Å². The molecule has 1 unspecified atom stereocenters. The fourth-order valence-electron chi connectivity index (χ4n) is 2.83. The second-order valence-corrected chi connectivity index (χ2v) is 5.44. The number of nitrogens with one attached hydrogen (secondary N) is 1. The van der Waals surface area contributed by atoms with E-state index < -0.39 is 0 Å². The Morgan fingerprint density at radius 3 is 2.95 bits per heavy atom. The Morgan fingerprint density at radius 2 is 2.29 bits per heavy atom. The zero-order valence-electron chi connectivity index (χ0n) is 11.9. The van der Waals surface area contributed by atoms with E-state index in [0.29, 0.717) is 6.54 Å². The Hall–Kier alpha value is -2.14. The molecule has 1 aromatic heterocycles. The SMILES string of the molecule is CC(C(N)=O)N1CC=C(c2c[nH]c3cc(F)ccc23)CC1. The van der Waals surface area contributed by atoms with Gasteiger partial charge in [0.1, 0.15) is 5.82 Å². The van der Waals surface area contributed by atoms with Crippen LogP contribution in [0.15, 0.2) is 30.5 Å². The number of nitrogens with two attached hydrogens (primary N) is 1. The first-order valence-electron chi connectivity index (χ1n) is 7.05. The molecule has 0 saturated carbocycles. The van der Waals surface area contributed by atoms with Crippen molar-refractivity contribution in [1.29, 1.82) is 0 Å². The Balaban J connectivity index is 1.86. The van der Waals surface area contributed by atoms with Crippen molar-refractivity contribution >= 4 is 22.4 Å². The Bertz CT molecular complexity index is 719. The van der Waals surface area contributed by atoms with Crippen molar-refractivity contribution in [3.8, 4) is 0 Å². The summed E-state index contributed by atoms with van der Waals surface area (Å²) in [5.74, 6) is -0.538. The largest absolute Gasteiger partial charge is 0.368 e. The monoisotopic (exact) mass is 287 g/mol. The van der Waals surface area contributed by atoms with Crippen LogP contribution in [-0.4, -0.2) is 34.9 Å². The summed E-state index contributed by atoms with van der Waals surface area (Å²) in [7, 11) is 0. The number of aromatic nitrogens is 1. The van der Waals surface area contributed by atoms with Crippen molar-refractivity contribution < 1.29 is 9.18 Å². The van der Waals surface area contributed by atoms with E-state index in [9.17, 15) is 9.18 Å². The molecule has 0 radical (unpaired) electrons. The number of carbonyl (C=O) groups excluding carboxylic acids is 1. The number of fused-ring (bicyclic) bond motifs is 1. The molecule has 110 valence electrons. The minimum atomic E-state index is -0.297. The van der Waals surface area contributed by atoms with Crippen molar-refractivity contribution in [2.75, 3.05) is 13.1 Å². The molecule has 21 heavy (non-hydrogen) atoms. The smallest absolute Gasteiger partial charge is 0.234 e. The highest BCUT2D eigenvalue weighted by Crippen LogP contribution is 2.29. The molecule has 1 aromatic carbocycles. The summed E-state index contributed by atoms with van der Waals surface area (Å²) in [6.07, 6.45) is 4.89. The van der Waals surface area contributed by atoms with Crippen molar-refractivity contribution in [3.05, 3.63) is 41.9 Å². The number of primary amides is 1. The minimum Gasteiger partial charge on any atom is -0.368 e. The van der Waals surface area contributed by atoms with Gasteiger partial charge in [0.05, 0.1) is 6.04 Å². The van der Waals surface area contributed by atoms with Crippen molar-refractivity contribution in [2.45, 2.75) is 19.4 Å². The first-order valence-corrected chi connectivity index (χ1v) is 7.05. The van der Waals surface area contributed by atoms with Gasteiger partial charge in [-0.1, -0.05) is 6.08 Å². The van der Waals surface area contributed by atoms with Gasteiger partial charge in [0.2, 0.25) is 5.91 Å². The molecule has 1 aliphatic heterocycles. The van der Waals surface area contributed by atoms with Gasteiger partial charge in [-0.05, 0) is 37.1 Å². The lowest BCUT2D eigenvalue weighted by atomic mass is 9.98. The summed E-state index contributed by atoms with van der Waals surface area (Å²) in [5.41, 5.74) is 8.48. The summed E-state index contributed by atoms with van der Waals surface area (Å²) in [6, 6.07) is 4.53. The van der Waals surface area contributed by atoms with E-state index in [1.807, 2.05) is 13.1 Å². The molecule has 2 aromatic rings. The van der Waals surface area contributed by atoms with Crippen LogP contribution in [0.4, 0.5) is 4.39 Å². The molecule has 2 heterocycles. The molecule has 1 aliphatic rings. The number of nitrogens with zero attached hydrogens (tertiary/aromatic N) is 1. The van der Waals surface area contributed by atoms with Crippen LogP contribution in [0.2, 0.25) is 0 Å². The average Bonchev–Trinajstić information content (AvgIpc) is 2.89. The normalized spacial score (nSPS) is 17.7. The maximum atomic E-state index is 13.2. The van der Waals surface area contributed by atoms with Gasteiger partial charge in [-0.25, -0.2) is 4.39 Å². The molecular formula is C16H18FN3O. The predicted molar refractivity (Wildman–Crippen MR) is 81.1 cm³/mol. The van der Waals surface area contributed by atoms with E-state index in [2.05, 4.69) is 16.0 Å². The lowest BCUT2D eigenvalue weighted by molar-refractivity contribution is -0.122. The predicted octanol–water partition coefficient (Wildman–Crippen LogP) is 2.27. The molecule has 0 spiro atoms. The number of halogens is 1. The number of amides is 1. The van der Waals surface area contributed by atoms with E-state index in [0.717, 1.165) is 29.4 Å². The van der Waals surface area contributed by atoms with Gasteiger partial charge in [0, 0.05) is 35.8 Å². The fraction of sp³-hybridized carbons (Fsp3) is 0.312. The lowest BCUT2D eigenvalue weighted by Crippen LogP contribution is -2.44. The highest BCUT2D eigenvalue weighted by atomic mass is 19.1. The molecule has 5 heteroatoms. The van der Waals surface area contributed by atoms with E-state index >= 15 is 0 Å². The highest BCUT2D eigenvalue weighted by molar-refractivity contribution is 5.92. The Morgan fingerprint density at radius 1 is 1.48 bits per heavy atom. The lowest BCUT2D eigenvalue weighted by Gasteiger charge is -2.29. The zero-order chi connectivity index (χ0) is 15.0. The Labute approximate surface area is 122 Å². The number of H-pyrrole nitrogens is 1. The van der Waals surface area contributed by atoms with Crippen molar-refractivity contribution in [1.82, 2.24) is 9.88 Å². The van der Waals surface area contributed by atoms with Gasteiger partial charge in [0.25, 0.3) is 0 Å². The van der Waals surface area contributed by atoms with Crippen molar-refractivity contribution in [3.63, 3.8) is 0 Å². The van der Waals surface area contributed by atoms with Gasteiger partial charge in [0.15, 0.2) is 0 Å². The third-order valence-electron chi connectivity index (χ3n) is 4.19. The quantitative estimate of drug-likeness (QED) is 0.909. The molecule has 0 saturated heterocycles. The van der Waals surface area contributed by atoms with Gasteiger partial charge in [-0.3, -0.25) is 9.69 Å². The molecule has 0 aliphatic carbocycles. The molecule has 4 nitrogen and oxygen atoms in total. The number of hydrogen-bond acceptors (Lipinski definition) is 2. The van der Waals surface area contributed by atoms with Crippen LogP contribution in [0.1, 0.15) is 18.9 Å². The van der Waals surface area contributed by atoms with Gasteiger partial charge in [-0.2, -0.15) is 0 Å². The van der Waals surface area contributed by atoms with Crippen molar-refractivity contribution in [2.24, 2.45) is 5.73 Å². The molecule has 3 rings (SSSR count). The van der Waals surface area contributed by atoms with Crippen LogP contribution in [0.3, 0.4) is 0 Å². The van der Waals surface area contributed by atoms with Crippen LogP contribution >= 0.6 is 0 Å². The molecule has 0 bridgehead atoms. The van der Waals surface area contributed by atoms with Crippen LogP contribution < -0.4 is 5.73 Å². The summed E-state index contributed by atoms with van der Waals surface area (Å²) in [5, 5.41) is 1.03. The number of rotatable bonds is 3. The summed E-state index contributed by atoms with van der Waals surface area (Å²) in [6.45, 7) is 3.33. The summed E-state index contributed by atoms with van der Waals surface area (Å²) in [4.78, 5) is 16.4. The second kappa shape index (κ2) is 5.33. The number of hydrogen-bond donors (Lipinski definition) is 2. The zero-order valence-corrected chi connectivity index (χ0v) is 11.9. The summed E-state index contributed by atoms with van der Waals surface area (Å²) < 4.78 is 13.2. The first-order chi connectivity index (χ1) is 10.1. The standard InChI is InChI=1S/C16H18FN3O/c1-10(16(18)21)20-6-4-11(5-7-20)14-9-19-15-8-12(17)2-3-13(14)15/h2-4,8-10,19H,5-7H2,1H3,(H2,18,21). The number of aromatic amines is 1. The van der Waals surface area contributed by atoms with Crippen LogP contribution in [0.5, 0.6) is 0 Å². The van der Waals surface area contributed by atoms with E-state index in [1.165, 1.54) is 17.7 Å². The molecule has 3 N–H and O–H groups in total. The Kier molecular flexibility index (Phi) is 3.51. The van der Waals surface area contributed by atoms with Crippen LogP contribution in [0, 0.1) is 5.82 Å². The highest BCUT2D eigenvalue weighted by Gasteiger charge is 2.22. The second-order valence-electron chi connectivity index (χ2n) is 5.44. The number of benzene rings is 1. The maximum absolute atomic E-state index is 13.2. The first kappa shape index (κ1) is 13.8. The third kappa shape index (κ3) is 2.56. The average molecular weight is 287 g/mol.